The van der Waals surface area contributed by atoms with Crippen LogP contribution in [0, 0.1) is 0 Å². The standard InChI is InChI=1S/C14H30N2O2/c1-5-13-9-15(7-11(3)17)10-14(6-2)16(13)8-12(4)18/h11-14,17-18H,5-10H2,1-4H3. The number of nitrogens with zero attached hydrogens (tertiary/aromatic N) is 2. The summed E-state index contributed by atoms with van der Waals surface area (Å²) in [4.78, 5) is 4.83. The van der Waals surface area contributed by atoms with Gasteiger partial charge in [-0.25, -0.2) is 0 Å². The Morgan fingerprint density at radius 3 is 1.72 bits per heavy atom. The SMILES string of the molecule is CCC1CN(CC(C)O)CC(CC)N1CC(C)O. The molecule has 18 heavy (non-hydrogen) atoms. The van der Waals surface area contributed by atoms with Gasteiger partial charge in [-0.1, -0.05) is 13.8 Å². The van der Waals surface area contributed by atoms with Gasteiger partial charge in [-0.2, -0.15) is 0 Å². The molecule has 0 aromatic carbocycles. The molecule has 0 saturated carbocycles. The van der Waals surface area contributed by atoms with Gasteiger partial charge in [0.1, 0.15) is 0 Å². The maximum atomic E-state index is 9.65. The molecule has 0 aromatic rings. The number of aliphatic hydroxyl groups excluding tert-OH is 2. The molecule has 1 aliphatic rings. The van der Waals surface area contributed by atoms with E-state index in [4.69, 9.17) is 0 Å². The maximum Gasteiger partial charge on any atom is 0.0639 e. The van der Waals surface area contributed by atoms with E-state index in [0.717, 1.165) is 39.0 Å². The molecule has 1 rings (SSSR count). The summed E-state index contributed by atoms with van der Waals surface area (Å²) in [6, 6.07) is 0.995. The molecule has 1 heterocycles. The highest BCUT2D eigenvalue weighted by Crippen LogP contribution is 2.21. The molecule has 1 saturated heterocycles. The Balaban J connectivity index is 2.68. The number of aliphatic hydroxyl groups is 2. The van der Waals surface area contributed by atoms with E-state index in [1.54, 1.807) is 0 Å². The normalized spacial score (nSPS) is 30.3. The van der Waals surface area contributed by atoms with Crippen LogP contribution in [0.15, 0.2) is 0 Å². The topological polar surface area (TPSA) is 46.9 Å². The molecular weight excluding hydrogens is 228 g/mol. The van der Waals surface area contributed by atoms with Gasteiger partial charge in [0.15, 0.2) is 0 Å². The molecule has 2 N–H and O–H groups in total. The molecule has 0 radical (unpaired) electrons. The Bertz CT molecular complexity index is 220. The lowest BCUT2D eigenvalue weighted by molar-refractivity contribution is -0.0182. The molecule has 1 aliphatic heterocycles. The Morgan fingerprint density at radius 1 is 0.944 bits per heavy atom. The third-order valence-electron chi connectivity index (χ3n) is 3.82. The first-order chi connectivity index (χ1) is 8.47. The van der Waals surface area contributed by atoms with Crippen LogP contribution in [0.1, 0.15) is 40.5 Å². The zero-order valence-corrected chi connectivity index (χ0v) is 12.3. The van der Waals surface area contributed by atoms with Gasteiger partial charge in [0.2, 0.25) is 0 Å². The van der Waals surface area contributed by atoms with Crippen molar-refractivity contribution in [3.63, 3.8) is 0 Å². The fraction of sp³-hybridized carbons (Fsp3) is 1.00. The summed E-state index contributed by atoms with van der Waals surface area (Å²) in [5.41, 5.74) is 0. The molecule has 108 valence electrons. The largest absolute Gasteiger partial charge is 0.392 e. The molecule has 1 fully saturated rings. The Hall–Kier alpha value is -0.160. The van der Waals surface area contributed by atoms with Gasteiger partial charge in [-0.15, -0.1) is 0 Å². The lowest BCUT2D eigenvalue weighted by Crippen LogP contribution is -2.60. The Kier molecular flexibility index (Phi) is 6.57. The first-order valence-electron chi connectivity index (χ1n) is 7.32. The van der Waals surface area contributed by atoms with Crippen LogP contribution in [0.2, 0.25) is 0 Å². The molecule has 0 aromatic heterocycles. The van der Waals surface area contributed by atoms with Crippen molar-refractivity contribution in [2.45, 2.75) is 64.8 Å². The second-order valence-corrected chi connectivity index (χ2v) is 5.74. The van der Waals surface area contributed by atoms with Gasteiger partial charge in [0.05, 0.1) is 12.2 Å². The average Bonchev–Trinajstić information content (AvgIpc) is 2.29. The van der Waals surface area contributed by atoms with E-state index in [0.29, 0.717) is 12.1 Å². The van der Waals surface area contributed by atoms with Crippen LogP contribution in [0.25, 0.3) is 0 Å². The zero-order chi connectivity index (χ0) is 13.7. The average molecular weight is 258 g/mol. The first-order valence-corrected chi connectivity index (χ1v) is 7.32. The molecular formula is C14H30N2O2. The highest BCUT2D eigenvalue weighted by molar-refractivity contribution is 4.89. The maximum absolute atomic E-state index is 9.65. The second kappa shape index (κ2) is 7.43. The van der Waals surface area contributed by atoms with Crippen molar-refractivity contribution in [3.8, 4) is 0 Å². The minimum atomic E-state index is -0.267. The van der Waals surface area contributed by atoms with Crippen molar-refractivity contribution in [1.82, 2.24) is 9.80 Å². The Labute approximate surface area is 112 Å². The van der Waals surface area contributed by atoms with Crippen LogP contribution < -0.4 is 0 Å². The van der Waals surface area contributed by atoms with Crippen LogP contribution in [0.3, 0.4) is 0 Å². The van der Waals surface area contributed by atoms with Crippen molar-refractivity contribution >= 4 is 0 Å². The number of hydrogen-bond acceptors (Lipinski definition) is 4. The van der Waals surface area contributed by atoms with E-state index in [1.165, 1.54) is 0 Å². The van der Waals surface area contributed by atoms with Crippen molar-refractivity contribution in [2.24, 2.45) is 0 Å². The van der Waals surface area contributed by atoms with E-state index >= 15 is 0 Å². The Morgan fingerprint density at radius 2 is 1.39 bits per heavy atom. The minimum Gasteiger partial charge on any atom is -0.392 e. The zero-order valence-electron chi connectivity index (χ0n) is 12.3. The predicted octanol–water partition coefficient (Wildman–Crippen LogP) is 0.923. The summed E-state index contributed by atoms with van der Waals surface area (Å²) >= 11 is 0. The van der Waals surface area contributed by atoms with Crippen molar-refractivity contribution in [1.29, 1.82) is 0 Å². The summed E-state index contributed by atoms with van der Waals surface area (Å²) in [5.74, 6) is 0. The molecule has 0 spiro atoms. The summed E-state index contributed by atoms with van der Waals surface area (Å²) in [6.45, 7) is 11.7. The van der Waals surface area contributed by atoms with Gasteiger partial charge in [0.25, 0.3) is 0 Å². The van der Waals surface area contributed by atoms with Crippen molar-refractivity contribution < 1.29 is 10.2 Å². The van der Waals surface area contributed by atoms with Gasteiger partial charge < -0.3 is 10.2 Å². The number of β-amino-alcohol motifs (C(OH)–C–C–N with tert-alkyl or cyclic N) is 2. The summed E-state index contributed by atoms with van der Waals surface area (Å²) in [6.07, 6.45) is 1.67. The molecule has 0 aliphatic carbocycles. The van der Waals surface area contributed by atoms with Crippen LogP contribution in [-0.2, 0) is 0 Å². The van der Waals surface area contributed by atoms with E-state index in [9.17, 15) is 10.2 Å². The molecule has 0 bridgehead atoms. The van der Waals surface area contributed by atoms with Crippen LogP contribution in [-0.4, -0.2) is 70.5 Å². The molecule has 0 amide bonds. The van der Waals surface area contributed by atoms with Gasteiger partial charge in [0, 0.05) is 38.3 Å². The highest BCUT2D eigenvalue weighted by atomic mass is 16.3. The quantitative estimate of drug-likeness (QED) is 0.744. The first kappa shape index (κ1) is 15.9. The number of piperazine rings is 1. The number of hydrogen-bond donors (Lipinski definition) is 2. The predicted molar refractivity (Wildman–Crippen MR) is 74.7 cm³/mol. The fourth-order valence-electron chi connectivity index (χ4n) is 3.03. The van der Waals surface area contributed by atoms with Crippen LogP contribution >= 0.6 is 0 Å². The lowest BCUT2D eigenvalue weighted by atomic mass is 10.0. The lowest BCUT2D eigenvalue weighted by Gasteiger charge is -2.47. The second-order valence-electron chi connectivity index (χ2n) is 5.74. The van der Waals surface area contributed by atoms with Crippen LogP contribution in [0.4, 0.5) is 0 Å². The van der Waals surface area contributed by atoms with Gasteiger partial charge in [-0.05, 0) is 26.7 Å². The smallest absolute Gasteiger partial charge is 0.0639 e. The third-order valence-corrected chi connectivity index (χ3v) is 3.82. The summed E-state index contributed by atoms with van der Waals surface area (Å²) in [7, 11) is 0. The fourth-order valence-corrected chi connectivity index (χ4v) is 3.03. The monoisotopic (exact) mass is 258 g/mol. The van der Waals surface area contributed by atoms with Gasteiger partial charge in [-0.3, -0.25) is 9.80 Å². The molecule has 4 atom stereocenters. The van der Waals surface area contributed by atoms with E-state index < -0.39 is 0 Å². The van der Waals surface area contributed by atoms with E-state index in [-0.39, 0.29) is 12.2 Å². The minimum absolute atomic E-state index is 0.261. The molecule has 4 heteroatoms. The highest BCUT2D eigenvalue weighted by Gasteiger charge is 2.33. The van der Waals surface area contributed by atoms with Crippen molar-refractivity contribution in [2.75, 3.05) is 26.2 Å². The third kappa shape index (κ3) is 4.50. The van der Waals surface area contributed by atoms with E-state index in [2.05, 4.69) is 23.6 Å². The van der Waals surface area contributed by atoms with Crippen molar-refractivity contribution in [3.05, 3.63) is 0 Å². The summed E-state index contributed by atoms with van der Waals surface area (Å²) in [5, 5.41) is 19.2. The van der Waals surface area contributed by atoms with Crippen LogP contribution in [0.5, 0.6) is 0 Å². The van der Waals surface area contributed by atoms with Gasteiger partial charge >= 0.3 is 0 Å². The number of rotatable bonds is 6. The molecule has 4 nitrogen and oxygen atoms in total. The molecule has 4 unspecified atom stereocenters. The van der Waals surface area contributed by atoms with E-state index in [1.807, 2.05) is 13.8 Å². The summed E-state index contributed by atoms with van der Waals surface area (Å²) < 4.78 is 0.